The average Bonchev–Trinajstić information content (AvgIpc) is 2.91. The van der Waals surface area contributed by atoms with Crippen molar-refractivity contribution in [3.63, 3.8) is 0 Å². The van der Waals surface area contributed by atoms with Gasteiger partial charge in [0.05, 0.1) is 12.2 Å². The highest BCUT2D eigenvalue weighted by Gasteiger charge is 2.29. The number of carbonyl (C=O) groups is 2. The maximum Gasteiger partial charge on any atom is 0.341 e. The van der Waals surface area contributed by atoms with Crippen molar-refractivity contribution < 1.29 is 14.3 Å². The number of aryl methyl sites for hydroxylation is 1. The van der Waals surface area contributed by atoms with Gasteiger partial charge in [-0.3, -0.25) is 4.79 Å². The minimum Gasteiger partial charge on any atom is -0.462 e. The highest BCUT2D eigenvalue weighted by Crippen LogP contribution is 2.40. The van der Waals surface area contributed by atoms with Gasteiger partial charge in [-0.25, -0.2) is 4.79 Å². The maximum atomic E-state index is 12.6. The minimum atomic E-state index is -0.339. The highest BCUT2D eigenvalue weighted by atomic mass is 32.1. The second-order valence-corrected chi connectivity index (χ2v) is 7.71. The summed E-state index contributed by atoms with van der Waals surface area (Å²) in [4.78, 5) is 26.3. The molecule has 1 aliphatic carbocycles. The molecule has 4 nitrogen and oxygen atoms in total. The molecule has 1 amide bonds. The molecule has 1 aliphatic rings. The summed E-state index contributed by atoms with van der Waals surface area (Å²) in [6.07, 6.45) is 2.87. The standard InChI is InChI=1S/C20H23NO3S/c1-4-24-20(23)17-15-9-8-13(3)11-16(15)25-19(17)21-18(22)14-7-5-6-12(2)10-14/h5-7,10,13H,4,8-9,11H2,1-3H3,(H,21,22)/t13-/m0/s1. The predicted octanol–water partition coefficient (Wildman–Crippen LogP) is 4.61. The van der Waals surface area contributed by atoms with E-state index in [1.165, 1.54) is 16.2 Å². The van der Waals surface area contributed by atoms with Crippen LogP contribution in [0.1, 0.15) is 57.0 Å². The van der Waals surface area contributed by atoms with Crippen molar-refractivity contribution in [2.24, 2.45) is 5.92 Å². The van der Waals surface area contributed by atoms with Crippen LogP contribution in [0.4, 0.5) is 5.00 Å². The van der Waals surface area contributed by atoms with Crippen LogP contribution >= 0.6 is 11.3 Å². The van der Waals surface area contributed by atoms with E-state index < -0.39 is 0 Å². The lowest BCUT2D eigenvalue weighted by atomic mass is 9.88. The van der Waals surface area contributed by atoms with E-state index in [4.69, 9.17) is 4.74 Å². The second kappa shape index (κ2) is 7.40. The Balaban J connectivity index is 1.94. The molecule has 1 N–H and O–H groups in total. The number of benzene rings is 1. The number of carbonyl (C=O) groups excluding carboxylic acids is 2. The first-order chi connectivity index (χ1) is 12.0. The Morgan fingerprint density at radius 1 is 1.36 bits per heavy atom. The fourth-order valence-corrected chi connectivity index (χ4v) is 4.61. The summed E-state index contributed by atoms with van der Waals surface area (Å²) in [5.41, 5.74) is 3.22. The summed E-state index contributed by atoms with van der Waals surface area (Å²) < 4.78 is 5.24. The van der Waals surface area contributed by atoms with Gasteiger partial charge in [0, 0.05) is 10.4 Å². The SMILES string of the molecule is CCOC(=O)c1c(NC(=O)c2cccc(C)c2)sc2c1CC[C@H](C)C2. The van der Waals surface area contributed by atoms with Gasteiger partial charge < -0.3 is 10.1 Å². The molecular formula is C20H23NO3S. The number of esters is 1. The number of anilines is 1. The van der Waals surface area contributed by atoms with Gasteiger partial charge in [0.1, 0.15) is 5.00 Å². The van der Waals surface area contributed by atoms with Gasteiger partial charge in [0.2, 0.25) is 0 Å². The van der Waals surface area contributed by atoms with E-state index in [0.29, 0.717) is 28.7 Å². The fourth-order valence-electron chi connectivity index (χ4n) is 3.22. The van der Waals surface area contributed by atoms with E-state index in [9.17, 15) is 9.59 Å². The Hall–Kier alpha value is -2.14. The Kier molecular flexibility index (Phi) is 5.23. The third-order valence-electron chi connectivity index (χ3n) is 4.50. The maximum absolute atomic E-state index is 12.6. The molecule has 0 radical (unpaired) electrons. The van der Waals surface area contributed by atoms with E-state index in [2.05, 4.69) is 12.2 Å². The number of hydrogen-bond donors (Lipinski definition) is 1. The van der Waals surface area contributed by atoms with Gasteiger partial charge in [-0.15, -0.1) is 11.3 Å². The molecule has 1 heterocycles. The van der Waals surface area contributed by atoms with Crippen LogP contribution in [-0.2, 0) is 17.6 Å². The molecule has 0 saturated carbocycles. The summed E-state index contributed by atoms with van der Waals surface area (Å²) in [6.45, 7) is 6.29. The quantitative estimate of drug-likeness (QED) is 0.813. The van der Waals surface area contributed by atoms with Gasteiger partial charge in [0.25, 0.3) is 5.91 Å². The number of hydrogen-bond acceptors (Lipinski definition) is 4. The fraction of sp³-hybridized carbons (Fsp3) is 0.400. The van der Waals surface area contributed by atoms with Crippen LogP contribution in [0, 0.1) is 12.8 Å². The molecule has 1 aromatic heterocycles. The third-order valence-corrected chi connectivity index (χ3v) is 5.67. The van der Waals surface area contributed by atoms with Crippen LogP contribution in [0.15, 0.2) is 24.3 Å². The number of fused-ring (bicyclic) bond motifs is 1. The Bertz CT molecular complexity index is 809. The second-order valence-electron chi connectivity index (χ2n) is 6.60. The smallest absolute Gasteiger partial charge is 0.341 e. The van der Waals surface area contributed by atoms with Crippen molar-refractivity contribution >= 4 is 28.2 Å². The highest BCUT2D eigenvalue weighted by molar-refractivity contribution is 7.17. The van der Waals surface area contributed by atoms with Crippen LogP contribution < -0.4 is 5.32 Å². The van der Waals surface area contributed by atoms with Crippen LogP contribution in [0.5, 0.6) is 0 Å². The monoisotopic (exact) mass is 357 g/mol. The Morgan fingerprint density at radius 3 is 2.88 bits per heavy atom. The lowest BCUT2D eigenvalue weighted by Gasteiger charge is -2.18. The molecule has 25 heavy (non-hydrogen) atoms. The largest absolute Gasteiger partial charge is 0.462 e. The van der Waals surface area contributed by atoms with Crippen molar-refractivity contribution in [1.82, 2.24) is 0 Å². The van der Waals surface area contributed by atoms with Crippen molar-refractivity contribution in [2.75, 3.05) is 11.9 Å². The molecule has 0 aliphatic heterocycles. The van der Waals surface area contributed by atoms with Gasteiger partial charge >= 0.3 is 5.97 Å². The molecule has 132 valence electrons. The molecule has 0 saturated heterocycles. The number of rotatable bonds is 4. The molecule has 0 bridgehead atoms. The molecule has 2 aromatic rings. The van der Waals surface area contributed by atoms with E-state index in [-0.39, 0.29) is 11.9 Å². The molecule has 0 fully saturated rings. The number of nitrogens with one attached hydrogen (secondary N) is 1. The van der Waals surface area contributed by atoms with Crippen molar-refractivity contribution in [2.45, 2.75) is 40.0 Å². The normalized spacial score (nSPS) is 16.2. The number of thiophene rings is 1. The van der Waals surface area contributed by atoms with E-state index in [1.807, 2.05) is 25.1 Å². The Morgan fingerprint density at radius 2 is 2.16 bits per heavy atom. The lowest BCUT2D eigenvalue weighted by molar-refractivity contribution is 0.0526. The van der Waals surface area contributed by atoms with Gasteiger partial charge in [-0.05, 0) is 56.7 Å². The molecular weight excluding hydrogens is 334 g/mol. The molecule has 1 atom stereocenters. The van der Waals surface area contributed by atoms with Crippen LogP contribution in [0.3, 0.4) is 0 Å². The zero-order valence-electron chi connectivity index (χ0n) is 14.8. The number of ether oxygens (including phenoxy) is 1. The van der Waals surface area contributed by atoms with Gasteiger partial charge in [-0.2, -0.15) is 0 Å². The summed E-state index contributed by atoms with van der Waals surface area (Å²) in [6, 6.07) is 7.43. The van der Waals surface area contributed by atoms with Gasteiger partial charge in [-0.1, -0.05) is 24.6 Å². The third kappa shape index (κ3) is 3.76. The zero-order valence-corrected chi connectivity index (χ0v) is 15.7. The predicted molar refractivity (Wildman–Crippen MR) is 101 cm³/mol. The summed E-state index contributed by atoms with van der Waals surface area (Å²) >= 11 is 1.51. The van der Waals surface area contributed by atoms with Gasteiger partial charge in [0.15, 0.2) is 0 Å². The van der Waals surface area contributed by atoms with E-state index >= 15 is 0 Å². The summed E-state index contributed by atoms with van der Waals surface area (Å²) in [5, 5.41) is 3.56. The number of amides is 1. The van der Waals surface area contributed by atoms with Crippen molar-refractivity contribution in [3.05, 3.63) is 51.4 Å². The molecule has 0 unspecified atom stereocenters. The first kappa shape index (κ1) is 17.7. The summed E-state index contributed by atoms with van der Waals surface area (Å²) in [7, 11) is 0. The topological polar surface area (TPSA) is 55.4 Å². The molecule has 5 heteroatoms. The van der Waals surface area contributed by atoms with Crippen LogP contribution in [-0.4, -0.2) is 18.5 Å². The summed E-state index contributed by atoms with van der Waals surface area (Å²) in [5.74, 6) is 0.0662. The molecule has 0 spiro atoms. The van der Waals surface area contributed by atoms with E-state index in [0.717, 1.165) is 30.4 Å². The molecule has 1 aromatic carbocycles. The minimum absolute atomic E-state index is 0.194. The van der Waals surface area contributed by atoms with Crippen LogP contribution in [0.2, 0.25) is 0 Å². The van der Waals surface area contributed by atoms with Crippen molar-refractivity contribution in [1.29, 1.82) is 0 Å². The Labute approximate surface area is 152 Å². The first-order valence-electron chi connectivity index (χ1n) is 8.69. The molecule has 3 rings (SSSR count). The zero-order chi connectivity index (χ0) is 18.0. The lowest BCUT2D eigenvalue weighted by Crippen LogP contribution is -2.16. The van der Waals surface area contributed by atoms with Crippen molar-refractivity contribution in [3.8, 4) is 0 Å². The average molecular weight is 357 g/mol. The van der Waals surface area contributed by atoms with Crippen LogP contribution in [0.25, 0.3) is 0 Å². The first-order valence-corrected chi connectivity index (χ1v) is 9.51. The van der Waals surface area contributed by atoms with E-state index in [1.54, 1.807) is 13.0 Å².